The van der Waals surface area contributed by atoms with Gasteiger partial charge in [0.15, 0.2) is 5.22 Å². The number of nitrogens with zero attached hydrogens (tertiary/aromatic N) is 1. The van der Waals surface area contributed by atoms with Crippen LogP contribution in [0.4, 0.5) is 5.69 Å². The summed E-state index contributed by atoms with van der Waals surface area (Å²) < 4.78 is 5.95. The number of furan rings is 1. The van der Waals surface area contributed by atoms with Crippen LogP contribution in [0.1, 0.15) is 5.76 Å². The first-order chi connectivity index (χ1) is 7.65. The van der Waals surface area contributed by atoms with E-state index >= 15 is 0 Å². The molecule has 0 radical (unpaired) electrons. The zero-order valence-electron chi connectivity index (χ0n) is 8.01. The fraction of sp³-hybridized carbons (Fsp3) is 0.100. The van der Waals surface area contributed by atoms with Gasteiger partial charge in [0.1, 0.15) is 10.9 Å². The zero-order valence-corrected chi connectivity index (χ0v) is 11.1. The van der Waals surface area contributed by atoms with Gasteiger partial charge in [-0.1, -0.05) is 11.6 Å². The molecule has 2 rings (SSSR count). The van der Waals surface area contributed by atoms with Gasteiger partial charge >= 0.3 is 0 Å². The van der Waals surface area contributed by atoms with Gasteiger partial charge in [-0.25, -0.2) is 4.98 Å². The predicted molar refractivity (Wildman–Crippen MR) is 68.0 cm³/mol. The molecule has 0 spiro atoms. The molecule has 0 aliphatic heterocycles. The number of hydrogen-bond donors (Lipinski definition) is 1. The van der Waals surface area contributed by atoms with Crippen LogP contribution in [-0.2, 0) is 6.54 Å². The van der Waals surface area contributed by atoms with E-state index in [1.54, 1.807) is 12.3 Å². The van der Waals surface area contributed by atoms with E-state index in [1.165, 1.54) is 0 Å². The fourth-order valence-corrected chi connectivity index (χ4v) is 1.77. The summed E-state index contributed by atoms with van der Waals surface area (Å²) in [7, 11) is 0. The Bertz CT molecular complexity index is 501. The molecule has 84 valence electrons. The van der Waals surface area contributed by atoms with E-state index in [4.69, 9.17) is 27.6 Å². The molecule has 6 heteroatoms. The molecule has 16 heavy (non-hydrogen) atoms. The van der Waals surface area contributed by atoms with Crippen LogP contribution >= 0.6 is 39.1 Å². The molecule has 0 saturated carbocycles. The Balaban J connectivity index is 2.02. The van der Waals surface area contributed by atoms with Gasteiger partial charge in [0.05, 0.1) is 22.9 Å². The van der Waals surface area contributed by atoms with Gasteiger partial charge in [-0.3, -0.25) is 0 Å². The highest BCUT2D eigenvalue weighted by atomic mass is 79.9. The second-order valence-corrected chi connectivity index (χ2v) is 4.64. The minimum absolute atomic E-state index is 0.382. The Morgan fingerprint density at radius 1 is 1.38 bits per heavy atom. The zero-order chi connectivity index (χ0) is 11.5. The van der Waals surface area contributed by atoms with E-state index in [2.05, 4.69) is 26.2 Å². The lowest BCUT2D eigenvalue weighted by Crippen LogP contribution is -1.98. The summed E-state index contributed by atoms with van der Waals surface area (Å²) in [5.41, 5.74) is 0.851. The highest BCUT2D eigenvalue weighted by molar-refractivity contribution is 9.10. The normalized spacial score (nSPS) is 10.4. The van der Waals surface area contributed by atoms with Gasteiger partial charge in [0, 0.05) is 0 Å². The first-order valence-corrected chi connectivity index (χ1v) is 5.99. The quantitative estimate of drug-likeness (QED) is 0.854. The maximum Gasteiger partial charge on any atom is 0.193 e. The Hall–Kier alpha value is -0.710. The first-order valence-electron chi connectivity index (χ1n) is 4.44. The molecule has 0 aromatic carbocycles. The number of hydrogen-bond acceptors (Lipinski definition) is 3. The third-order valence-corrected chi connectivity index (χ3v) is 3.23. The summed E-state index contributed by atoms with van der Waals surface area (Å²) in [5.74, 6) is 0.760. The smallest absolute Gasteiger partial charge is 0.193 e. The van der Waals surface area contributed by atoms with E-state index < -0.39 is 0 Å². The lowest BCUT2D eigenvalue weighted by atomic mass is 10.4. The van der Waals surface area contributed by atoms with Crippen LogP contribution in [0.2, 0.25) is 10.4 Å². The number of nitrogens with one attached hydrogen (secondary N) is 1. The maximum atomic E-state index is 5.78. The highest BCUT2D eigenvalue weighted by Gasteiger charge is 2.02. The van der Waals surface area contributed by atoms with Crippen molar-refractivity contribution in [3.8, 4) is 0 Å². The third-order valence-electron chi connectivity index (χ3n) is 1.89. The Morgan fingerprint density at radius 2 is 2.19 bits per heavy atom. The molecule has 0 aliphatic rings. The number of rotatable bonds is 3. The van der Waals surface area contributed by atoms with Crippen molar-refractivity contribution in [3.05, 3.63) is 45.0 Å². The second-order valence-electron chi connectivity index (χ2n) is 3.06. The Labute approximate surface area is 111 Å². The van der Waals surface area contributed by atoms with Crippen molar-refractivity contribution >= 4 is 44.8 Å². The molecular weight excluding hydrogens is 315 g/mol. The highest BCUT2D eigenvalue weighted by Crippen LogP contribution is 2.23. The van der Waals surface area contributed by atoms with Gasteiger partial charge in [-0.2, -0.15) is 0 Å². The van der Waals surface area contributed by atoms with Crippen molar-refractivity contribution in [2.75, 3.05) is 5.32 Å². The van der Waals surface area contributed by atoms with E-state index in [0.29, 0.717) is 16.9 Å². The molecule has 0 fully saturated rings. The SMILES string of the molecule is Clc1ccc(CNc2cnc(Cl)c(Br)c2)o1. The van der Waals surface area contributed by atoms with E-state index in [9.17, 15) is 0 Å². The van der Waals surface area contributed by atoms with Gasteiger partial charge in [-0.05, 0) is 45.7 Å². The molecular formula is C10H7BrCl2N2O. The van der Waals surface area contributed by atoms with Crippen molar-refractivity contribution in [2.24, 2.45) is 0 Å². The van der Waals surface area contributed by atoms with Crippen LogP contribution in [-0.4, -0.2) is 4.98 Å². The maximum absolute atomic E-state index is 5.78. The minimum atomic E-state index is 0.382. The molecule has 0 unspecified atom stereocenters. The van der Waals surface area contributed by atoms with Gasteiger partial charge in [0.25, 0.3) is 0 Å². The van der Waals surface area contributed by atoms with Crippen LogP contribution in [0, 0.1) is 0 Å². The van der Waals surface area contributed by atoms with Crippen molar-refractivity contribution in [1.82, 2.24) is 4.98 Å². The summed E-state index contributed by atoms with van der Waals surface area (Å²) in [5, 5.41) is 3.96. The molecule has 2 aromatic rings. The number of halogens is 3. The second kappa shape index (κ2) is 5.08. The summed E-state index contributed by atoms with van der Waals surface area (Å²) >= 11 is 14.7. The van der Waals surface area contributed by atoms with Crippen LogP contribution in [0.15, 0.2) is 33.3 Å². The molecule has 0 atom stereocenters. The Morgan fingerprint density at radius 3 is 2.81 bits per heavy atom. The van der Waals surface area contributed by atoms with Crippen molar-refractivity contribution < 1.29 is 4.42 Å². The van der Waals surface area contributed by atoms with Gasteiger partial charge in [0.2, 0.25) is 0 Å². The van der Waals surface area contributed by atoms with Crippen LogP contribution in [0.3, 0.4) is 0 Å². The number of anilines is 1. The predicted octanol–water partition coefficient (Wildman–Crippen LogP) is 4.36. The summed E-state index contributed by atoms with van der Waals surface area (Å²) in [6.45, 7) is 0.544. The standard InChI is InChI=1S/C10H7BrCl2N2O/c11-8-3-6(4-15-10(8)13)14-5-7-1-2-9(12)16-7/h1-4,14H,5H2. The van der Waals surface area contributed by atoms with Gasteiger partial charge < -0.3 is 9.73 Å². The average Bonchev–Trinajstić information content (AvgIpc) is 2.66. The summed E-state index contributed by atoms with van der Waals surface area (Å²) in [6, 6.07) is 5.36. The van der Waals surface area contributed by atoms with Gasteiger partial charge in [-0.15, -0.1) is 0 Å². The van der Waals surface area contributed by atoms with Crippen molar-refractivity contribution in [2.45, 2.75) is 6.54 Å². The molecule has 0 saturated heterocycles. The van der Waals surface area contributed by atoms with Crippen LogP contribution in [0.25, 0.3) is 0 Å². The average molecular weight is 322 g/mol. The molecule has 0 amide bonds. The van der Waals surface area contributed by atoms with Crippen LogP contribution in [0.5, 0.6) is 0 Å². The Kier molecular flexibility index (Phi) is 3.74. The number of aromatic nitrogens is 1. The number of pyridine rings is 1. The minimum Gasteiger partial charge on any atom is -0.448 e. The molecule has 3 nitrogen and oxygen atoms in total. The monoisotopic (exact) mass is 320 g/mol. The molecule has 0 bridgehead atoms. The lowest BCUT2D eigenvalue weighted by Gasteiger charge is -2.04. The molecule has 2 aromatic heterocycles. The lowest BCUT2D eigenvalue weighted by molar-refractivity contribution is 0.520. The molecule has 0 aliphatic carbocycles. The molecule has 1 N–H and O–H groups in total. The van der Waals surface area contributed by atoms with Crippen molar-refractivity contribution in [1.29, 1.82) is 0 Å². The largest absolute Gasteiger partial charge is 0.448 e. The summed E-state index contributed by atoms with van der Waals surface area (Å²) in [6.07, 6.45) is 1.65. The topological polar surface area (TPSA) is 38.1 Å². The van der Waals surface area contributed by atoms with Crippen LogP contribution < -0.4 is 5.32 Å². The fourth-order valence-electron chi connectivity index (χ4n) is 1.15. The summed E-state index contributed by atoms with van der Waals surface area (Å²) in [4.78, 5) is 4.00. The molecule has 2 heterocycles. The van der Waals surface area contributed by atoms with Crippen molar-refractivity contribution in [3.63, 3.8) is 0 Å². The van der Waals surface area contributed by atoms with E-state index in [1.807, 2.05) is 12.1 Å². The first kappa shape index (κ1) is 11.8. The van der Waals surface area contributed by atoms with E-state index in [-0.39, 0.29) is 0 Å². The van der Waals surface area contributed by atoms with E-state index in [0.717, 1.165) is 15.9 Å². The third kappa shape index (κ3) is 2.90.